The third kappa shape index (κ3) is 5.94. The summed E-state index contributed by atoms with van der Waals surface area (Å²) in [4.78, 5) is 13.3. The van der Waals surface area contributed by atoms with Crippen molar-refractivity contribution >= 4 is 33.1 Å². The SMILES string of the molecule is O=C(Nc1ccc2c(c1)OCCOCCOCCOCCO2)c1cccc2cc3ccccc3cc12. The molecule has 1 N–H and O–H groups in total. The molecule has 0 fully saturated rings. The normalized spacial score (nSPS) is 15.7. The molecule has 0 bridgehead atoms. The number of rotatable bonds is 2. The first-order valence-corrected chi connectivity index (χ1v) is 12.1. The Morgan fingerprint density at radius 2 is 1.19 bits per heavy atom. The summed E-state index contributed by atoms with van der Waals surface area (Å²) in [5, 5.41) is 7.17. The van der Waals surface area contributed by atoms with Crippen LogP contribution in [0.25, 0.3) is 21.5 Å². The van der Waals surface area contributed by atoms with E-state index in [-0.39, 0.29) is 5.91 Å². The van der Waals surface area contributed by atoms with Crippen LogP contribution in [0.15, 0.2) is 72.8 Å². The van der Waals surface area contributed by atoms with Gasteiger partial charge in [0, 0.05) is 17.3 Å². The summed E-state index contributed by atoms with van der Waals surface area (Å²) >= 11 is 0. The highest BCUT2D eigenvalue weighted by atomic mass is 16.6. The van der Waals surface area contributed by atoms with Crippen LogP contribution in [0.2, 0.25) is 0 Å². The standard InChI is InChI=1S/C29H29NO6/c31-29(25-7-3-6-23-18-21-4-1-2-5-22(21)19-26(23)25)30-24-8-9-27-28(20-24)36-17-15-34-13-11-32-10-12-33-14-16-35-27/h1-9,18-20H,10-17H2,(H,30,31). The number of carbonyl (C=O) groups is 1. The molecule has 1 amide bonds. The highest BCUT2D eigenvalue weighted by Gasteiger charge is 2.14. The molecule has 4 aromatic rings. The minimum Gasteiger partial charge on any atom is -0.487 e. The zero-order valence-electron chi connectivity index (χ0n) is 20.0. The van der Waals surface area contributed by atoms with Gasteiger partial charge >= 0.3 is 0 Å². The van der Waals surface area contributed by atoms with Crippen LogP contribution < -0.4 is 14.8 Å². The lowest BCUT2D eigenvalue weighted by atomic mass is 9.99. The van der Waals surface area contributed by atoms with Crippen LogP contribution in [0.3, 0.4) is 0 Å². The molecule has 7 heteroatoms. The molecule has 0 saturated carbocycles. The number of amides is 1. The Bertz CT molecular complexity index is 1340. The number of benzene rings is 4. The molecule has 0 aromatic heterocycles. The fourth-order valence-corrected chi connectivity index (χ4v) is 4.14. The van der Waals surface area contributed by atoms with Crippen molar-refractivity contribution in [2.24, 2.45) is 0 Å². The predicted molar refractivity (Wildman–Crippen MR) is 139 cm³/mol. The molecule has 36 heavy (non-hydrogen) atoms. The van der Waals surface area contributed by atoms with Gasteiger partial charge in [0.2, 0.25) is 0 Å². The predicted octanol–water partition coefficient (Wildman–Crippen LogP) is 5.07. The van der Waals surface area contributed by atoms with Crippen molar-refractivity contribution in [1.29, 1.82) is 0 Å². The Labute approximate surface area is 209 Å². The molecule has 1 aliphatic heterocycles. The number of hydrogen-bond acceptors (Lipinski definition) is 6. The monoisotopic (exact) mass is 487 g/mol. The van der Waals surface area contributed by atoms with Gasteiger partial charge in [-0.1, -0.05) is 36.4 Å². The van der Waals surface area contributed by atoms with Gasteiger partial charge in [-0.25, -0.2) is 0 Å². The lowest BCUT2D eigenvalue weighted by molar-refractivity contribution is 0.00708. The first-order valence-electron chi connectivity index (χ1n) is 12.1. The second kappa shape index (κ2) is 11.9. The largest absolute Gasteiger partial charge is 0.487 e. The second-order valence-corrected chi connectivity index (χ2v) is 8.38. The quantitative estimate of drug-likeness (QED) is 0.398. The van der Waals surface area contributed by atoms with Crippen molar-refractivity contribution in [1.82, 2.24) is 0 Å². The van der Waals surface area contributed by atoms with Gasteiger partial charge in [-0.05, 0) is 51.9 Å². The van der Waals surface area contributed by atoms with Gasteiger partial charge in [0.05, 0.1) is 39.6 Å². The van der Waals surface area contributed by atoms with Gasteiger partial charge in [0.1, 0.15) is 13.2 Å². The van der Waals surface area contributed by atoms with Gasteiger partial charge in [0.25, 0.3) is 5.91 Å². The van der Waals surface area contributed by atoms with Gasteiger partial charge < -0.3 is 29.0 Å². The van der Waals surface area contributed by atoms with Crippen LogP contribution in [-0.2, 0) is 14.2 Å². The van der Waals surface area contributed by atoms with E-state index < -0.39 is 0 Å². The zero-order valence-corrected chi connectivity index (χ0v) is 20.0. The molecule has 0 aliphatic carbocycles. The number of ether oxygens (including phenoxy) is 5. The Hall–Kier alpha value is -3.65. The summed E-state index contributed by atoms with van der Waals surface area (Å²) in [6.45, 7) is 3.60. The van der Waals surface area contributed by atoms with Gasteiger partial charge in [-0.2, -0.15) is 0 Å². The fraction of sp³-hybridized carbons (Fsp3) is 0.276. The highest BCUT2D eigenvalue weighted by Crippen LogP contribution is 2.32. The minimum atomic E-state index is -0.189. The molecule has 186 valence electrons. The van der Waals surface area contributed by atoms with Crippen molar-refractivity contribution in [3.63, 3.8) is 0 Å². The molecule has 0 atom stereocenters. The molecule has 1 aliphatic rings. The Morgan fingerprint density at radius 3 is 1.92 bits per heavy atom. The molecular formula is C29H29NO6. The number of anilines is 1. The zero-order chi connectivity index (χ0) is 24.6. The van der Waals surface area contributed by atoms with E-state index in [9.17, 15) is 4.79 Å². The van der Waals surface area contributed by atoms with Crippen molar-refractivity contribution < 1.29 is 28.5 Å². The van der Waals surface area contributed by atoms with Crippen molar-refractivity contribution in [2.75, 3.05) is 58.2 Å². The average Bonchev–Trinajstić information content (AvgIpc) is 2.91. The first-order chi connectivity index (χ1) is 17.8. The molecule has 0 radical (unpaired) electrons. The highest BCUT2D eigenvalue weighted by molar-refractivity contribution is 6.15. The summed E-state index contributed by atoms with van der Waals surface area (Å²) in [6.07, 6.45) is 0. The molecule has 0 unspecified atom stereocenters. The molecular weight excluding hydrogens is 458 g/mol. The van der Waals surface area contributed by atoms with Crippen LogP contribution in [0.4, 0.5) is 5.69 Å². The molecule has 4 aromatic carbocycles. The van der Waals surface area contributed by atoms with Gasteiger partial charge in [-0.15, -0.1) is 0 Å². The lowest BCUT2D eigenvalue weighted by Gasteiger charge is -2.15. The molecule has 1 heterocycles. The third-order valence-corrected chi connectivity index (χ3v) is 5.91. The molecule has 0 saturated heterocycles. The minimum absolute atomic E-state index is 0.189. The van der Waals surface area contributed by atoms with Crippen LogP contribution in [0.5, 0.6) is 11.5 Å². The van der Waals surface area contributed by atoms with Crippen molar-refractivity contribution in [2.45, 2.75) is 0 Å². The van der Waals surface area contributed by atoms with E-state index in [1.807, 2.05) is 30.3 Å². The van der Waals surface area contributed by atoms with Crippen LogP contribution in [-0.4, -0.2) is 58.8 Å². The van der Waals surface area contributed by atoms with E-state index in [4.69, 9.17) is 23.7 Å². The van der Waals surface area contributed by atoms with E-state index in [1.54, 1.807) is 18.2 Å². The summed E-state index contributed by atoms with van der Waals surface area (Å²) in [6, 6.07) is 23.5. The maximum Gasteiger partial charge on any atom is 0.256 e. The van der Waals surface area contributed by atoms with E-state index in [1.165, 1.54) is 0 Å². The van der Waals surface area contributed by atoms with Crippen LogP contribution in [0.1, 0.15) is 10.4 Å². The number of fused-ring (bicyclic) bond motifs is 3. The molecule has 5 rings (SSSR count). The number of nitrogens with one attached hydrogen (secondary N) is 1. The topological polar surface area (TPSA) is 75.3 Å². The van der Waals surface area contributed by atoms with E-state index in [2.05, 4.69) is 29.6 Å². The second-order valence-electron chi connectivity index (χ2n) is 8.38. The van der Waals surface area contributed by atoms with E-state index in [0.29, 0.717) is 75.6 Å². The summed E-state index contributed by atoms with van der Waals surface area (Å²) in [5.74, 6) is 0.927. The summed E-state index contributed by atoms with van der Waals surface area (Å²) in [5.41, 5.74) is 1.22. The van der Waals surface area contributed by atoms with Crippen molar-refractivity contribution in [3.05, 3.63) is 78.4 Å². The Balaban J connectivity index is 1.35. The average molecular weight is 488 g/mol. The fourth-order valence-electron chi connectivity index (χ4n) is 4.14. The first kappa shape index (κ1) is 24.1. The smallest absolute Gasteiger partial charge is 0.256 e. The Kier molecular flexibility index (Phi) is 7.93. The Morgan fingerprint density at radius 1 is 0.583 bits per heavy atom. The van der Waals surface area contributed by atoms with Crippen LogP contribution in [0, 0.1) is 0 Å². The third-order valence-electron chi connectivity index (χ3n) is 5.91. The van der Waals surface area contributed by atoms with E-state index >= 15 is 0 Å². The van der Waals surface area contributed by atoms with E-state index in [0.717, 1.165) is 21.5 Å². The molecule has 0 spiro atoms. The summed E-state index contributed by atoms with van der Waals surface area (Å²) in [7, 11) is 0. The maximum absolute atomic E-state index is 13.3. The van der Waals surface area contributed by atoms with Crippen molar-refractivity contribution in [3.8, 4) is 11.5 Å². The lowest BCUT2D eigenvalue weighted by Crippen LogP contribution is -2.14. The van der Waals surface area contributed by atoms with Gasteiger partial charge in [0.15, 0.2) is 11.5 Å². The van der Waals surface area contributed by atoms with Crippen LogP contribution >= 0.6 is 0 Å². The maximum atomic E-state index is 13.3. The number of hydrogen-bond donors (Lipinski definition) is 1. The number of carbonyl (C=O) groups excluding carboxylic acids is 1. The molecule has 7 nitrogen and oxygen atoms in total. The van der Waals surface area contributed by atoms with Gasteiger partial charge in [-0.3, -0.25) is 4.79 Å². The summed E-state index contributed by atoms with van der Waals surface area (Å²) < 4.78 is 28.3.